The van der Waals surface area contributed by atoms with E-state index in [-0.39, 0.29) is 5.57 Å². The Morgan fingerprint density at radius 3 is 2.60 bits per heavy atom. The zero-order valence-electron chi connectivity index (χ0n) is 8.43. The third-order valence-corrected chi connectivity index (χ3v) is 1.56. The summed E-state index contributed by atoms with van der Waals surface area (Å²) in [6, 6.07) is 3.03. The van der Waals surface area contributed by atoms with Gasteiger partial charge in [0.25, 0.3) is 0 Å². The molecule has 1 atom stereocenters. The van der Waals surface area contributed by atoms with E-state index in [0.717, 1.165) is 18.9 Å². The Bertz CT molecular complexity index is 307. The van der Waals surface area contributed by atoms with Crippen LogP contribution in [-0.2, 0) is 9.53 Å². The summed E-state index contributed by atoms with van der Waals surface area (Å²) in [5.41, 5.74) is -0.345. The summed E-state index contributed by atoms with van der Waals surface area (Å²) < 4.78 is 4.52. The van der Waals surface area contributed by atoms with Gasteiger partial charge in [0.15, 0.2) is 0 Å². The fourth-order valence-corrected chi connectivity index (χ4v) is 0.813. The van der Waals surface area contributed by atoms with Gasteiger partial charge in [-0.2, -0.15) is 10.5 Å². The van der Waals surface area contributed by atoms with Crippen LogP contribution in [-0.4, -0.2) is 17.4 Å². The summed E-state index contributed by atoms with van der Waals surface area (Å²) in [4.78, 5) is 11.0. The maximum Gasteiger partial charge on any atom is 0.335 e. The first-order valence-corrected chi connectivity index (χ1v) is 4.54. The minimum atomic E-state index is -1.17. The van der Waals surface area contributed by atoms with Crippen LogP contribution in [0.15, 0.2) is 11.6 Å². The number of nitriles is 2. The molecule has 0 fully saturated rings. The van der Waals surface area contributed by atoms with Crippen molar-refractivity contribution in [1.29, 1.82) is 10.5 Å². The van der Waals surface area contributed by atoms with E-state index in [1.165, 1.54) is 12.1 Å². The van der Waals surface area contributed by atoms with E-state index in [1.807, 2.05) is 6.92 Å². The fraction of sp³-hybridized carbons (Fsp3) is 0.500. The van der Waals surface area contributed by atoms with Gasteiger partial charge >= 0.3 is 5.97 Å². The SMILES string of the molecule is CCCCC(O)OC(=O)C=C(C#N)C#N. The third-order valence-electron chi connectivity index (χ3n) is 1.56. The molecule has 0 aliphatic carbocycles. The Kier molecular flexibility index (Phi) is 6.61. The van der Waals surface area contributed by atoms with E-state index in [9.17, 15) is 9.90 Å². The number of esters is 1. The molecule has 80 valence electrons. The van der Waals surface area contributed by atoms with E-state index in [1.54, 1.807) is 0 Å². The Labute approximate surface area is 88.2 Å². The van der Waals surface area contributed by atoms with Crippen molar-refractivity contribution in [3.8, 4) is 12.1 Å². The van der Waals surface area contributed by atoms with E-state index >= 15 is 0 Å². The average Bonchev–Trinajstić information content (AvgIpc) is 2.22. The van der Waals surface area contributed by atoms with Crippen LogP contribution >= 0.6 is 0 Å². The van der Waals surface area contributed by atoms with Gasteiger partial charge in [0.05, 0.1) is 6.08 Å². The molecule has 15 heavy (non-hydrogen) atoms. The van der Waals surface area contributed by atoms with Gasteiger partial charge in [0.2, 0.25) is 6.29 Å². The highest BCUT2D eigenvalue weighted by Crippen LogP contribution is 2.03. The molecule has 0 radical (unpaired) electrons. The van der Waals surface area contributed by atoms with Crippen molar-refractivity contribution in [2.45, 2.75) is 32.5 Å². The molecule has 0 spiro atoms. The monoisotopic (exact) mass is 208 g/mol. The first kappa shape index (κ1) is 13.2. The van der Waals surface area contributed by atoms with Crippen molar-refractivity contribution in [2.75, 3.05) is 0 Å². The van der Waals surface area contributed by atoms with Crippen LogP contribution in [0.3, 0.4) is 0 Å². The smallest absolute Gasteiger partial charge is 0.335 e. The van der Waals surface area contributed by atoms with E-state index in [0.29, 0.717) is 6.42 Å². The van der Waals surface area contributed by atoms with Crippen molar-refractivity contribution in [3.05, 3.63) is 11.6 Å². The molecule has 1 N–H and O–H groups in total. The van der Waals surface area contributed by atoms with Crippen molar-refractivity contribution in [2.24, 2.45) is 0 Å². The van der Waals surface area contributed by atoms with Crippen molar-refractivity contribution >= 4 is 5.97 Å². The van der Waals surface area contributed by atoms with Crippen LogP contribution in [0.1, 0.15) is 26.2 Å². The maximum absolute atomic E-state index is 11.0. The molecule has 1 unspecified atom stereocenters. The molecule has 0 rings (SSSR count). The van der Waals surface area contributed by atoms with Crippen molar-refractivity contribution in [3.63, 3.8) is 0 Å². The number of hydrogen-bond acceptors (Lipinski definition) is 5. The second-order valence-corrected chi connectivity index (χ2v) is 2.82. The Hall–Kier alpha value is -1.85. The predicted octanol–water partition coefficient (Wildman–Crippen LogP) is 1.01. The highest BCUT2D eigenvalue weighted by molar-refractivity contribution is 5.84. The lowest BCUT2D eigenvalue weighted by atomic mass is 10.2. The molecule has 5 nitrogen and oxygen atoms in total. The largest absolute Gasteiger partial charge is 0.433 e. The van der Waals surface area contributed by atoms with Gasteiger partial charge in [-0.25, -0.2) is 4.79 Å². The number of carbonyl (C=O) groups excluding carboxylic acids is 1. The number of hydrogen-bond donors (Lipinski definition) is 1. The number of aliphatic hydroxyl groups excluding tert-OH is 1. The second-order valence-electron chi connectivity index (χ2n) is 2.82. The normalized spacial score (nSPS) is 10.7. The van der Waals surface area contributed by atoms with E-state index in [4.69, 9.17) is 10.5 Å². The van der Waals surface area contributed by atoms with Crippen LogP contribution in [0.2, 0.25) is 0 Å². The maximum atomic E-state index is 11.0. The lowest BCUT2D eigenvalue weighted by molar-refractivity contribution is -0.162. The average molecular weight is 208 g/mol. The minimum Gasteiger partial charge on any atom is -0.433 e. The summed E-state index contributed by atoms with van der Waals surface area (Å²) in [6.45, 7) is 1.94. The number of allylic oxidation sites excluding steroid dienone is 1. The molecule has 0 heterocycles. The topological polar surface area (TPSA) is 94.1 Å². The summed E-state index contributed by atoms with van der Waals surface area (Å²) in [5, 5.41) is 25.8. The minimum absolute atomic E-state index is 0.345. The van der Waals surface area contributed by atoms with Gasteiger partial charge < -0.3 is 9.84 Å². The standard InChI is InChI=1S/C10H12N2O3/c1-2-3-4-9(13)15-10(14)5-8(6-11)7-12/h5,9,13H,2-4H2,1H3. The van der Waals surface area contributed by atoms with Crippen LogP contribution in [0.25, 0.3) is 0 Å². The molecule has 0 aliphatic rings. The molecule has 0 aliphatic heterocycles. The first-order valence-electron chi connectivity index (χ1n) is 4.54. The van der Waals surface area contributed by atoms with Gasteiger partial charge in [-0.3, -0.25) is 0 Å². The van der Waals surface area contributed by atoms with Crippen LogP contribution < -0.4 is 0 Å². The zero-order chi connectivity index (χ0) is 11.7. The molecular weight excluding hydrogens is 196 g/mol. The van der Waals surface area contributed by atoms with Gasteiger partial charge in [-0.05, 0) is 6.42 Å². The number of ether oxygens (including phenoxy) is 1. The summed E-state index contributed by atoms with van der Waals surface area (Å²) in [7, 11) is 0. The number of nitrogens with zero attached hydrogens (tertiary/aromatic N) is 2. The summed E-state index contributed by atoms with van der Waals surface area (Å²) in [6.07, 6.45) is 1.56. The van der Waals surface area contributed by atoms with E-state index in [2.05, 4.69) is 4.74 Å². The number of rotatable bonds is 5. The first-order chi connectivity index (χ1) is 7.13. The Morgan fingerprint density at radius 1 is 1.53 bits per heavy atom. The van der Waals surface area contributed by atoms with Gasteiger partial charge in [-0.15, -0.1) is 0 Å². The number of carbonyl (C=O) groups is 1. The lowest BCUT2D eigenvalue weighted by Crippen LogP contribution is -2.16. The van der Waals surface area contributed by atoms with E-state index < -0.39 is 12.3 Å². The van der Waals surface area contributed by atoms with Gasteiger partial charge in [-0.1, -0.05) is 13.3 Å². The fourth-order valence-electron chi connectivity index (χ4n) is 0.813. The molecule has 5 heteroatoms. The molecule has 0 saturated carbocycles. The van der Waals surface area contributed by atoms with Gasteiger partial charge in [0, 0.05) is 6.42 Å². The molecule has 0 amide bonds. The highest BCUT2D eigenvalue weighted by atomic mass is 16.6. The third kappa shape index (κ3) is 6.25. The quantitative estimate of drug-likeness (QED) is 0.315. The van der Waals surface area contributed by atoms with Crippen molar-refractivity contribution < 1.29 is 14.6 Å². The Morgan fingerprint density at radius 2 is 2.13 bits per heavy atom. The van der Waals surface area contributed by atoms with Crippen LogP contribution in [0, 0.1) is 22.7 Å². The molecule has 0 aromatic heterocycles. The summed E-state index contributed by atoms with van der Waals surface area (Å²) in [5.74, 6) is -0.878. The number of aliphatic hydroxyl groups is 1. The Balaban J connectivity index is 4.11. The van der Waals surface area contributed by atoms with Crippen molar-refractivity contribution in [1.82, 2.24) is 0 Å². The molecule has 0 bridgehead atoms. The molecule has 0 aromatic carbocycles. The number of unbranched alkanes of at least 4 members (excludes halogenated alkanes) is 1. The van der Waals surface area contributed by atoms with Gasteiger partial charge in [0.1, 0.15) is 17.7 Å². The predicted molar refractivity (Wildman–Crippen MR) is 50.9 cm³/mol. The van der Waals surface area contributed by atoms with Crippen LogP contribution in [0.4, 0.5) is 0 Å². The second kappa shape index (κ2) is 7.54. The molecule has 0 saturated heterocycles. The van der Waals surface area contributed by atoms with Crippen LogP contribution in [0.5, 0.6) is 0 Å². The lowest BCUT2D eigenvalue weighted by Gasteiger charge is -2.09. The highest BCUT2D eigenvalue weighted by Gasteiger charge is 2.09. The molecule has 0 aromatic rings. The molecular formula is C10H12N2O3. The zero-order valence-corrected chi connectivity index (χ0v) is 8.43. The summed E-state index contributed by atoms with van der Waals surface area (Å²) >= 11 is 0.